The number of aryl methyl sites for hydroxylation is 1. The molecule has 0 radical (unpaired) electrons. The van der Waals surface area contributed by atoms with E-state index in [1.807, 2.05) is 18.2 Å². The molecule has 1 amide bonds. The van der Waals surface area contributed by atoms with E-state index in [4.69, 9.17) is 0 Å². The highest BCUT2D eigenvalue weighted by molar-refractivity contribution is 5.98. The molecule has 2 aromatic rings. The third-order valence-corrected chi connectivity index (χ3v) is 5.63. The first-order chi connectivity index (χ1) is 12.3. The van der Waals surface area contributed by atoms with Gasteiger partial charge in [-0.25, -0.2) is 0 Å². The van der Waals surface area contributed by atoms with Gasteiger partial charge in [-0.3, -0.25) is 4.79 Å². The van der Waals surface area contributed by atoms with E-state index in [1.165, 1.54) is 17.5 Å². The van der Waals surface area contributed by atoms with Crippen LogP contribution in [0.15, 0.2) is 54.6 Å². The number of piperidine rings is 1. The van der Waals surface area contributed by atoms with Gasteiger partial charge in [0.1, 0.15) is 0 Å². The first kappa shape index (κ1) is 16.3. The molecule has 4 rings (SSSR count). The maximum atomic E-state index is 12.6. The average molecular weight is 334 g/mol. The largest absolute Gasteiger partial charge is 0.331 e. The zero-order valence-electron chi connectivity index (χ0n) is 14.7. The lowest BCUT2D eigenvalue weighted by atomic mass is 10.0. The van der Waals surface area contributed by atoms with Crippen molar-refractivity contribution < 1.29 is 4.79 Å². The molecule has 0 N–H and O–H groups in total. The van der Waals surface area contributed by atoms with Crippen LogP contribution in [0.2, 0.25) is 0 Å². The van der Waals surface area contributed by atoms with Crippen molar-refractivity contribution in [2.75, 3.05) is 19.6 Å². The Bertz CT molecular complexity index is 720. The Hall–Kier alpha value is -2.13. The summed E-state index contributed by atoms with van der Waals surface area (Å²) < 4.78 is 0. The number of likely N-dealkylation sites (tertiary alicyclic amines) is 1. The van der Waals surface area contributed by atoms with E-state index >= 15 is 0 Å². The molecular weight excluding hydrogens is 308 g/mol. The van der Waals surface area contributed by atoms with Crippen LogP contribution in [-0.4, -0.2) is 41.4 Å². The normalized spacial score (nSPS) is 18.6. The molecule has 0 saturated carbocycles. The fraction of sp³-hybridized carbons (Fsp3) is 0.409. The van der Waals surface area contributed by atoms with E-state index < -0.39 is 0 Å². The summed E-state index contributed by atoms with van der Waals surface area (Å²) in [4.78, 5) is 17.3. The van der Waals surface area contributed by atoms with Crippen molar-refractivity contribution in [1.29, 1.82) is 0 Å². The zero-order valence-corrected chi connectivity index (χ0v) is 14.7. The number of amides is 1. The SMILES string of the molecule is O=C1c2ccccc2CN1C1CCN(CCCc2ccccc2)CC1. The summed E-state index contributed by atoms with van der Waals surface area (Å²) in [5, 5.41) is 0. The Kier molecular flexibility index (Phi) is 4.84. The van der Waals surface area contributed by atoms with E-state index in [9.17, 15) is 4.79 Å². The van der Waals surface area contributed by atoms with E-state index in [0.717, 1.165) is 51.0 Å². The molecule has 2 aromatic carbocycles. The summed E-state index contributed by atoms with van der Waals surface area (Å²) in [6.45, 7) is 4.18. The number of carbonyl (C=O) groups excluding carboxylic acids is 1. The molecule has 3 heteroatoms. The van der Waals surface area contributed by atoms with Crippen molar-refractivity contribution in [2.45, 2.75) is 38.3 Å². The lowest BCUT2D eigenvalue weighted by Crippen LogP contribution is -2.45. The van der Waals surface area contributed by atoms with Crippen LogP contribution in [0.25, 0.3) is 0 Å². The van der Waals surface area contributed by atoms with Crippen LogP contribution in [0.5, 0.6) is 0 Å². The summed E-state index contributed by atoms with van der Waals surface area (Å²) in [5.74, 6) is 0.234. The van der Waals surface area contributed by atoms with Gasteiger partial charge in [-0.2, -0.15) is 0 Å². The molecule has 0 aliphatic carbocycles. The Morgan fingerprint density at radius 3 is 2.40 bits per heavy atom. The van der Waals surface area contributed by atoms with Crippen LogP contribution in [0.4, 0.5) is 0 Å². The summed E-state index contributed by atoms with van der Waals surface area (Å²) in [7, 11) is 0. The van der Waals surface area contributed by atoms with Crippen molar-refractivity contribution in [3.8, 4) is 0 Å². The van der Waals surface area contributed by atoms with Crippen molar-refractivity contribution in [2.24, 2.45) is 0 Å². The maximum absolute atomic E-state index is 12.6. The minimum Gasteiger partial charge on any atom is -0.331 e. The fourth-order valence-corrected chi connectivity index (χ4v) is 4.18. The summed E-state index contributed by atoms with van der Waals surface area (Å²) in [5.41, 5.74) is 3.53. The van der Waals surface area contributed by atoms with E-state index in [0.29, 0.717) is 6.04 Å². The first-order valence-corrected chi connectivity index (χ1v) is 9.46. The van der Waals surface area contributed by atoms with Crippen LogP contribution >= 0.6 is 0 Å². The van der Waals surface area contributed by atoms with Crippen LogP contribution < -0.4 is 0 Å². The monoisotopic (exact) mass is 334 g/mol. The topological polar surface area (TPSA) is 23.6 Å². The number of hydrogen-bond donors (Lipinski definition) is 0. The number of rotatable bonds is 5. The van der Waals surface area contributed by atoms with E-state index in [-0.39, 0.29) is 5.91 Å². The Morgan fingerprint density at radius 1 is 0.920 bits per heavy atom. The van der Waals surface area contributed by atoms with Crippen molar-refractivity contribution in [3.05, 3.63) is 71.3 Å². The molecule has 25 heavy (non-hydrogen) atoms. The quantitative estimate of drug-likeness (QED) is 0.831. The minimum absolute atomic E-state index is 0.234. The van der Waals surface area contributed by atoms with Gasteiger partial charge in [-0.1, -0.05) is 48.5 Å². The zero-order chi connectivity index (χ0) is 17.1. The summed E-state index contributed by atoms with van der Waals surface area (Å²) in [6.07, 6.45) is 4.57. The highest BCUT2D eigenvalue weighted by Gasteiger charge is 2.33. The molecular formula is C22H26N2O. The number of fused-ring (bicyclic) bond motifs is 1. The van der Waals surface area contributed by atoms with Crippen LogP contribution in [0, 0.1) is 0 Å². The van der Waals surface area contributed by atoms with Crippen molar-refractivity contribution in [3.63, 3.8) is 0 Å². The van der Waals surface area contributed by atoms with Gasteiger partial charge in [0.2, 0.25) is 0 Å². The lowest BCUT2D eigenvalue weighted by Gasteiger charge is -2.36. The van der Waals surface area contributed by atoms with Gasteiger partial charge in [0.05, 0.1) is 0 Å². The fourth-order valence-electron chi connectivity index (χ4n) is 4.18. The Morgan fingerprint density at radius 2 is 1.64 bits per heavy atom. The number of hydrogen-bond acceptors (Lipinski definition) is 2. The molecule has 3 nitrogen and oxygen atoms in total. The maximum Gasteiger partial charge on any atom is 0.254 e. The van der Waals surface area contributed by atoms with Gasteiger partial charge in [0.25, 0.3) is 5.91 Å². The summed E-state index contributed by atoms with van der Waals surface area (Å²) >= 11 is 0. The van der Waals surface area contributed by atoms with Crippen molar-refractivity contribution >= 4 is 5.91 Å². The minimum atomic E-state index is 0.234. The molecule has 0 atom stereocenters. The third kappa shape index (κ3) is 3.62. The highest BCUT2D eigenvalue weighted by Crippen LogP contribution is 2.28. The standard InChI is InChI=1S/C22H26N2O/c25-22-21-11-5-4-10-19(21)17-24(22)20-12-15-23(16-13-20)14-6-9-18-7-2-1-3-8-18/h1-5,7-8,10-11,20H,6,9,12-17H2. The van der Waals surface area contributed by atoms with Gasteiger partial charge in [-0.05, 0) is 49.4 Å². The molecule has 130 valence electrons. The Balaban J connectivity index is 1.24. The molecule has 1 saturated heterocycles. The average Bonchev–Trinajstić information content (AvgIpc) is 3.00. The van der Waals surface area contributed by atoms with Gasteiger partial charge in [-0.15, -0.1) is 0 Å². The second kappa shape index (κ2) is 7.40. The second-order valence-corrected chi connectivity index (χ2v) is 7.25. The predicted molar refractivity (Wildman–Crippen MR) is 101 cm³/mol. The van der Waals surface area contributed by atoms with Gasteiger partial charge in [0.15, 0.2) is 0 Å². The summed E-state index contributed by atoms with van der Waals surface area (Å²) in [6, 6.07) is 19.2. The molecule has 0 bridgehead atoms. The molecule has 2 aliphatic heterocycles. The number of nitrogens with zero attached hydrogens (tertiary/aromatic N) is 2. The van der Waals surface area contributed by atoms with Crippen LogP contribution in [0.1, 0.15) is 40.7 Å². The van der Waals surface area contributed by atoms with Gasteiger partial charge < -0.3 is 9.80 Å². The van der Waals surface area contributed by atoms with E-state index in [1.54, 1.807) is 0 Å². The molecule has 2 aliphatic rings. The first-order valence-electron chi connectivity index (χ1n) is 9.46. The smallest absolute Gasteiger partial charge is 0.254 e. The second-order valence-electron chi connectivity index (χ2n) is 7.25. The van der Waals surface area contributed by atoms with Crippen LogP contribution in [0.3, 0.4) is 0 Å². The van der Waals surface area contributed by atoms with Crippen molar-refractivity contribution in [1.82, 2.24) is 9.80 Å². The molecule has 0 spiro atoms. The molecule has 2 heterocycles. The van der Waals surface area contributed by atoms with Crippen LogP contribution in [-0.2, 0) is 13.0 Å². The van der Waals surface area contributed by atoms with E-state index in [2.05, 4.69) is 46.2 Å². The Labute approximate surface area is 150 Å². The molecule has 0 aromatic heterocycles. The highest BCUT2D eigenvalue weighted by atomic mass is 16.2. The number of benzene rings is 2. The lowest BCUT2D eigenvalue weighted by molar-refractivity contribution is 0.0596. The van der Waals surface area contributed by atoms with Gasteiger partial charge in [0, 0.05) is 31.2 Å². The predicted octanol–water partition coefficient (Wildman–Crippen LogP) is 3.74. The number of carbonyl (C=O) groups is 1. The third-order valence-electron chi connectivity index (χ3n) is 5.63. The molecule has 0 unspecified atom stereocenters. The molecule has 1 fully saturated rings. The van der Waals surface area contributed by atoms with Gasteiger partial charge >= 0.3 is 0 Å².